The van der Waals surface area contributed by atoms with E-state index in [0.717, 1.165) is 0 Å². The summed E-state index contributed by atoms with van der Waals surface area (Å²) in [5, 5.41) is 0.541. The van der Waals surface area contributed by atoms with Gasteiger partial charge in [0.1, 0.15) is 12.4 Å². The molecule has 3 heteroatoms. The van der Waals surface area contributed by atoms with E-state index in [-0.39, 0.29) is 5.78 Å². The number of carbonyl (C=O) groups is 1. The molecule has 0 saturated carbocycles. The number of allylic oxidation sites excluding steroid dienone is 1. The molecule has 0 aliphatic carbocycles. The highest BCUT2D eigenvalue weighted by atomic mass is 35.5. The Hall–Kier alpha value is -1.28. The molecule has 0 heterocycles. The predicted octanol–water partition coefficient (Wildman–Crippen LogP) is 3.89. The summed E-state index contributed by atoms with van der Waals surface area (Å²) in [6.45, 7) is 5.96. The lowest BCUT2D eigenvalue weighted by molar-refractivity contribution is 0.101. The summed E-state index contributed by atoms with van der Waals surface area (Å²) in [6, 6.07) is 5.06. The van der Waals surface area contributed by atoms with E-state index in [1.54, 1.807) is 18.2 Å². The number of rotatable bonds is 4. The molecule has 0 radical (unpaired) electrons. The van der Waals surface area contributed by atoms with E-state index in [4.69, 9.17) is 16.3 Å². The van der Waals surface area contributed by atoms with Gasteiger partial charge in [0.05, 0.1) is 5.56 Å². The van der Waals surface area contributed by atoms with Crippen LogP contribution in [0.2, 0.25) is 5.02 Å². The van der Waals surface area contributed by atoms with Crippen LogP contribution in [-0.2, 0) is 0 Å². The van der Waals surface area contributed by atoms with E-state index in [1.807, 2.05) is 19.9 Å². The molecule has 0 amide bonds. The van der Waals surface area contributed by atoms with Gasteiger partial charge in [0.25, 0.3) is 0 Å². The second-order valence-corrected chi connectivity index (χ2v) is 4.23. The molecule has 0 unspecified atom stereocenters. The van der Waals surface area contributed by atoms with Crippen LogP contribution in [-0.4, -0.2) is 12.4 Å². The van der Waals surface area contributed by atoms with Gasteiger partial charge in [0.15, 0.2) is 5.78 Å². The van der Waals surface area contributed by atoms with Crippen LogP contribution >= 0.6 is 11.6 Å². The van der Waals surface area contributed by atoms with Crippen molar-refractivity contribution in [1.29, 1.82) is 0 Å². The number of halogens is 1. The van der Waals surface area contributed by atoms with Gasteiger partial charge in [-0.2, -0.15) is 0 Å². The Labute approximate surface area is 101 Å². The summed E-state index contributed by atoms with van der Waals surface area (Å²) in [5.41, 5.74) is 1.70. The smallest absolute Gasteiger partial charge is 0.163 e. The van der Waals surface area contributed by atoms with Crippen LogP contribution in [0.1, 0.15) is 31.1 Å². The molecule has 16 heavy (non-hydrogen) atoms. The quantitative estimate of drug-likeness (QED) is 0.588. The number of carbonyl (C=O) groups excluding carboxylic acids is 1. The molecule has 1 rings (SSSR count). The minimum atomic E-state index is -0.0466. The van der Waals surface area contributed by atoms with Gasteiger partial charge >= 0.3 is 0 Å². The van der Waals surface area contributed by atoms with Crippen molar-refractivity contribution >= 4 is 17.4 Å². The Morgan fingerprint density at radius 2 is 2.06 bits per heavy atom. The van der Waals surface area contributed by atoms with Crippen molar-refractivity contribution in [2.75, 3.05) is 6.61 Å². The van der Waals surface area contributed by atoms with Crippen LogP contribution in [0.15, 0.2) is 29.8 Å². The normalized spacial score (nSPS) is 9.75. The summed E-state index contributed by atoms with van der Waals surface area (Å²) in [7, 11) is 0. The van der Waals surface area contributed by atoms with Crippen molar-refractivity contribution in [3.05, 3.63) is 40.4 Å². The maximum absolute atomic E-state index is 11.4. The van der Waals surface area contributed by atoms with Gasteiger partial charge in [-0.15, -0.1) is 0 Å². The highest BCUT2D eigenvalue weighted by Crippen LogP contribution is 2.23. The van der Waals surface area contributed by atoms with Crippen molar-refractivity contribution in [2.24, 2.45) is 0 Å². The van der Waals surface area contributed by atoms with E-state index < -0.39 is 0 Å². The Morgan fingerprint density at radius 1 is 1.38 bits per heavy atom. The van der Waals surface area contributed by atoms with E-state index in [0.29, 0.717) is 22.9 Å². The molecule has 0 bridgehead atoms. The fourth-order valence-electron chi connectivity index (χ4n) is 1.20. The zero-order valence-corrected chi connectivity index (χ0v) is 10.5. The van der Waals surface area contributed by atoms with Crippen molar-refractivity contribution < 1.29 is 9.53 Å². The average Bonchev–Trinajstić information content (AvgIpc) is 2.19. The zero-order chi connectivity index (χ0) is 12.1. The Morgan fingerprint density at radius 3 is 2.62 bits per heavy atom. The van der Waals surface area contributed by atoms with Gasteiger partial charge in [-0.1, -0.05) is 17.2 Å². The number of ketones is 1. The topological polar surface area (TPSA) is 26.3 Å². The van der Waals surface area contributed by atoms with Crippen molar-refractivity contribution in [1.82, 2.24) is 0 Å². The first-order valence-electron chi connectivity index (χ1n) is 5.07. The number of benzene rings is 1. The average molecular weight is 239 g/mol. The minimum absolute atomic E-state index is 0.0466. The van der Waals surface area contributed by atoms with Crippen molar-refractivity contribution in [2.45, 2.75) is 20.8 Å². The maximum atomic E-state index is 11.4. The number of ether oxygens (including phenoxy) is 1. The monoisotopic (exact) mass is 238 g/mol. The summed E-state index contributed by atoms with van der Waals surface area (Å²) in [6.07, 6.45) is 1.96. The highest BCUT2D eigenvalue weighted by Gasteiger charge is 2.08. The zero-order valence-electron chi connectivity index (χ0n) is 9.71. The van der Waals surface area contributed by atoms with Gasteiger partial charge in [0.2, 0.25) is 0 Å². The number of hydrogen-bond acceptors (Lipinski definition) is 2. The molecule has 0 atom stereocenters. The Balaban J connectivity index is 2.87. The predicted molar refractivity (Wildman–Crippen MR) is 66.4 cm³/mol. The molecule has 0 aliphatic heterocycles. The third kappa shape index (κ3) is 3.70. The van der Waals surface area contributed by atoms with Crippen LogP contribution in [0.4, 0.5) is 0 Å². The van der Waals surface area contributed by atoms with Crippen LogP contribution in [0.25, 0.3) is 0 Å². The van der Waals surface area contributed by atoms with Crippen LogP contribution in [0.5, 0.6) is 5.75 Å². The largest absolute Gasteiger partial charge is 0.489 e. The third-order valence-electron chi connectivity index (χ3n) is 2.05. The lowest BCUT2D eigenvalue weighted by Crippen LogP contribution is -2.01. The lowest BCUT2D eigenvalue weighted by atomic mass is 10.1. The van der Waals surface area contributed by atoms with Gasteiger partial charge in [-0.3, -0.25) is 4.79 Å². The first-order chi connectivity index (χ1) is 7.50. The molecule has 0 aliphatic rings. The summed E-state index contributed by atoms with van der Waals surface area (Å²) in [5.74, 6) is 0.532. The molecule has 0 fully saturated rings. The van der Waals surface area contributed by atoms with Gasteiger partial charge in [-0.05, 0) is 45.0 Å². The minimum Gasteiger partial charge on any atom is -0.489 e. The second kappa shape index (κ2) is 5.71. The first kappa shape index (κ1) is 12.8. The van der Waals surface area contributed by atoms with E-state index in [2.05, 4.69) is 0 Å². The van der Waals surface area contributed by atoms with Gasteiger partial charge < -0.3 is 4.74 Å². The molecular formula is C13H15ClO2. The summed E-state index contributed by atoms with van der Waals surface area (Å²) < 4.78 is 5.51. The fourth-order valence-corrected chi connectivity index (χ4v) is 1.37. The van der Waals surface area contributed by atoms with Crippen molar-refractivity contribution in [3.63, 3.8) is 0 Å². The molecule has 0 N–H and O–H groups in total. The SMILES string of the molecule is CC(=O)c1cc(Cl)ccc1OCC=C(C)C. The van der Waals surface area contributed by atoms with Crippen molar-refractivity contribution in [3.8, 4) is 5.75 Å². The lowest BCUT2D eigenvalue weighted by Gasteiger charge is -2.08. The standard InChI is InChI=1S/C13H15ClO2/c1-9(2)6-7-16-13-5-4-11(14)8-12(13)10(3)15/h4-6,8H,7H2,1-3H3. The summed E-state index contributed by atoms with van der Waals surface area (Å²) >= 11 is 5.83. The van der Waals surface area contributed by atoms with Crippen LogP contribution in [0.3, 0.4) is 0 Å². The Bertz CT molecular complexity index is 418. The number of Topliss-reactive ketones (excluding diaryl/α,β-unsaturated/α-hetero) is 1. The molecule has 86 valence electrons. The number of hydrogen-bond donors (Lipinski definition) is 0. The van der Waals surface area contributed by atoms with E-state index in [9.17, 15) is 4.79 Å². The molecule has 0 spiro atoms. The van der Waals surface area contributed by atoms with E-state index >= 15 is 0 Å². The van der Waals surface area contributed by atoms with Gasteiger partial charge in [0, 0.05) is 5.02 Å². The first-order valence-corrected chi connectivity index (χ1v) is 5.45. The fraction of sp³-hybridized carbons (Fsp3) is 0.308. The van der Waals surface area contributed by atoms with Crippen LogP contribution < -0.4 is 4.74 Å². The molecular weight excluding hydrogens is 224 g/mol. The van der Waals surface area contributed by atoms with Gasteiger partial charge in [-0.25, -0.2) is 0 Å². The molecule has 0 aromatic heterocycles. The molecule has 1 aromatic rings. The summed E-state index contributed by atoms with van der Waals surface area (Å²) in [4.78, 5) is 11.4. The van der Waals surface area contributed by atoms with E-state index in [1.165, 1.54) is 12.5 Å². The molecule has 0 saturated heterocycles. The highest BCUT2D eigenvalue weighted by molar-refractivity contribution is 6.31. The Kier molecular flexibility index (Phi) is 4.56. The maximum Gasteiger partial charge on any atom is 0.163 e. The molecule has 2 nitrogen and oxygen atoms in total. The van der Waals surface area contributed by atoms with Crippen LogP contribution in [0, 0.1) is 0 Å². The molecule has 1 aromatic carbocycles. The second-order valence-electron chi connectivity index (χ2n) is 3.79. The third-order valence-corrected chi connectivity index (χ3v) is 2.29.